The van der Waals surface area contributed by atoms with Crippen LogP contribution in [0.4, 0.5) is 5.69 Å². The summed E-state index contributed by atoms with van der Waals surface area (Å²) in [5.74, 6) is -0.335. The highest BCUT2D eigenvalue weighted by molar-refractivity contribution is 6.31. The van der Waals surface area contributed by atoms with E-state index in [0.29, 0.717) is 10.9 Å². The van der Waals surface area contributed by atoms with Crippen molar-refractivity contribution in [1.29, 1.82) is 0 Å². The maximum Gasteiger partial charge on any atom is 0.336 e. The second kappa shape index (κ2) is 5.92. The van der Waals surface area contributed by atoms with E-state index in [1.165, 1.54) is 6.07 Å². The third kappa shape index (κ3) is 3.93. The lowest BCUT2D eigenvalue weighted by molar-refractivity contribution is 0.0696. The van der Waals surface area contributed by atoms with Gasteiger partial charge in [-0.15, -0.1) is 0 Å². The van der Waals surface area contributed by atoms with Crippen LogP contribution in [-0.2, 0) is 0 Å². The van der Waals surface area contributed by atoms with Crippen molar-refractivity contribution in [3.8, 4) is 0 Å². The molecule has 0 amide bonds. The van der Waals surface area contributed by atoms with E-state index in [1.54, 1.807) is 13.0 Å². The zero-order chi connectivity index (χ0) is 13.0. The third-order valence-corrected chi connectivity index (χ3v) is 2.86. The van der Waals surface area contributed by atoms with E-state index >= 15 is 0 Å². The lowest BCUT2D eigenvalue weighted by Crippen LogP contribution is -2.08. The maximum absolute atomic E-state index is 11.0. The number of rotatable bonds is 5. The Morgan fingerprint density at radius 2 is 2.12 bits per heavy atom. The topological polar surface area (TPSA) is 49.3 Å². The molecule has 1 rings (SSSR count). The molecular weight excluding hydrogens is 238 g/mol. The van der Waals surface area contributed by atoms with E-state index in [9.17, 15) is 4.79 Å². The highest BCUT2D eigenvalue weighted by Gasteiger charge is 2.12. The number of aromatic carboxylic acids is 1. The first-order valence-electron chi connectivity index (χ1n) is 5.69. The van der Waals surface area contributed by atoms with Crippen LogP contribution in [0, 0.1) is 12.8 Å². The first kappa shape index (κ1) is 13.8. The van der Waals surface area contributed by atoms with Crippen molar-refractivity contribution in [2.75, 3.05) is 11.9 Å². The minimum absolute atomic E-state index is 0.254. The Labute approximate surface area is 107 Å². The summed E-state index contributed by atoms with van der Waals surface area (Å²) >= 11 is 5.90. The molecule has 0 bridgehead atoms. The van der Waals surface area contributed by atoms with Gasteiger partial charge in [-0.1, -0.05) is 25.4 Å². The van der Waals surface area contributed by atoms with E-state index in [1.807, 2.05) is 0 Å². The number of carboxylic acid groups (broad SMARTS) is 1. The van der Waals surface area contributed by atoms with Crippen LogP contribution in [-0.4, -0.2) is 17.6 Å². The van der Waals surface area contributed by atoms with Gasteiger partial charge in [-0.3, -0.25) is 0 Å². The van der Waals surface area contributed by atoms with Gasteiger partial charge in [-0.25, -0.2) is 4.79 Å². The molecule has 3 nitrogen and oxygen atoms in total. The van der Waals surface area contributed by atoms with Gasteiger partial charge in [0, 0.05) is 17.3 Å². The fourth-order valence-electron chi connectivity index (χ4n) is 1.58. The Morgan fingerprint density at radius 1 is 1.47 bits per heavy atom. The Morgan fingerprint density at radius 3 is 2.65 bits per heavy atom. The zero-order valence-electron chi connectivity index (χ0n) is 10.4. The van der Waals surface area contributed by atoms with Crippen LogP contribution in [0.1, 0.15) is 36.2 Å². The summed E-state index contributed by atoms with van der Waals surface area (Å²) in [4.78, 5) is 11.0. The molecule has 0 aliphatic carbocycles. The molecule has 0 aromatic heterocycles. The average Bonchev–Trinajstić information content (AvgIpc) is 2.21. The summed E-state index contributed by atoms with van der Waals surface area (Å²) in [5, 5.41) is 12.7. The van der Waals surface area contributed by atoms with Crippen LogP contribution < -0.4 is 5.32 Å². The van der Waals surface area contributed by atoms with Crippen molar-refractivity contribution in [3.63, 3.8) is 0 Å². The van der Waals surface area contributed by atoms with Gasteiger partial charge in [0.1, 0.15) is 0 Å². The van der Waals surface area contributed by atoms with E-state index in [0.717, 1.165) is 24.2 Å². The van der Waals surface area contributed by atoms with Gasteiger partial charge in [0.15, 0.2) is 0 Å². The predicted octanol–water partition coefficient (Wildman–Crippen LogP) is 3.80. The highest BCUT2D eigenvalue weighted by Crippen LogP contribution is 2.25. The molecule has 0 atom stereocenters. The molecule has 1 aromatic carbocycles. The lowest BCUT2D eigenvalue weighted by atomic mass is 10.1. The molecule has 2 N–H and O–H groups in total. The van der Waals surface area contributed by atoms with Gasteiger partial charge in [-0.2, -0.15) is 0 Å². The van der Waals surface area contributed by atoms with Crippen molar-refractivity contribution >= 4 is 23.3 Å². The molecule has 0 heterocycles. The second-order valence-electron chi connectivity index (χ2n) is 4.54. The van der Waals surface area contributed by atoms with E-state index in [-0.39, 0.29) is 5.56 Å². The largest absolute Gasteiger partial charge is 0.478 e. The summed E-state index contributed by atoms with van der Waals surface area (Å²) in [7, 11) is 0. The number of anilines is 1. The van der Waals surface area contributed by atoms with Crippen LogP contribution in [0.25, 0.3) is 0 Å². The quantitative estimate of drug-likeness (QED) is 0.841. The second-order valence-corrected chi connectivity index (χ2v) is 4.98. The minimum atomic E-state index is -0.947. The standard InChI is InChI=1S/C13H18ClNO2/c1-8(2)4-5-15-12-7-10(14)6-11(9(12)3)13(16)17/h6-8,15H,4-5H2,1-3H3,(H,16,17). The molecule has 0 saturated carbocycles. The van der Waals surface area contributed by atoms with Crippen LogP contribution >= 0.6 is 11.6 Å². The molecule has 1 aromatic rings. The number of nitrogens with one attached hydrogen (secondary N) is 1. The predicted molar refractivity (Wildman–Crippen MR) is 71.1 cm³/mol. The fourth-order valence-corrected chi connectivity index (χ4v) is 1.80. The monoisotopic (exact) mass is 255 g/mol. The molecule has 0 unspecified atom stereocenters. The van der Waals surface area contributed by atoms with Crippen molar-refractivity contribution in [2.45, 2.75) is 27.2 Å². The number of carboxylic acids is 1. The average molecular weight is 256 g/mol. The summed E-state index contributed by atoms with van der Waals surface area (Å²) in [6.45, 7) is 6.90. The van der Waals surface area contributed by atoms with Crippen molar-refractivity contribution < 1.29 is 9.90 Å². The minimum Gasteiger partial charge on any atom is -0.478 e. The summed E-state index contributed by atoms with van der Waals surface area (Å²) < 4.78 is 0. The molecule has 0 spiro atoms. The summed E-state index contributed by atoms with van der Waals surface area (Å²) in [6, 6.07) is 3.25. The maximum atomic E-state index is 11.0. The molecule has 4 heteroatoms. The van der Waals surface area contributed by atoms with E-state index in [2.05, 4.69) is 19.2 Å². The molecular formula is C13H18ClNO2. The first-order chi connectivity index (χ1) is 7.91. The van der Waals surface area contributed by atoms with Crippen molar-refractivity contribution in [3.05, 3.63) is 28.3 Å². The van der Waals surface area contributed by atoms with Gasteiger partial charge in [0.05, 0.1) is 5.56 Å². The SMILES string of the molecule is Cc1c(NCCC(C)C)cc(Cl)cc1C(=O)O. The zero-order valence-corrected chi connectivity index (χ0v) is 11.1. The number of halogens is 1. The molecule has 0 saturated heterocycles. The molecule has 94 valence electrons. The van der Waals surface area contributed by atoms with Crippen LogP contribution in [0.2, 0.25) is 5.02 Å². The molecule has 0 fully saturated rings. The lowest BCUT2D eigenvalue weighted by Gasteiger charge is -2.13. The highest BCUT2D eigenvalue weighted by atomic mass is 35.5. The van der Waals surface area contributed by atoms with E-state index in [4.69, 9.17) is 16.7 Å². The Balaban J connectivity index is 2.88. The summed E-state index contributed by atoms with van der Waals surface area (Å²) in [5.41, 5.74) is 1.78. The molecule has 0 radical (unpaired) electrons. The van der Waals surface area contributed by atoms with Crippen molar-refractivity contribution in [1.82, 2.24) is 0 Å². The van der Waals surface area contributed by atoms with Gasteiger partial charge >= 0.3 is 5.97 Å². The first-order valence-corrected chi connectivity index (χ1v) is 6.07. The fraction of sp³-hybridized carbons (Fsp3) is 0.462. The Hall–Kier alpha value is -1.22. The molecule has 17 heavy (non-hydrogen) atoms. The Kier molecular flexibility index (Phi) is 4.82. The van der Waals surface area contributed by atoms with Crippen LogP contribution in [0.5, 0.6) is 0 Å². The Bertz CT molecular complexity index is 416. The normalized spacial score (nSPS) is 10.6. The van der Waals surface area contributed by atoms with Gasteiger partial charge in [0.25, 0.3) is 0 Å². The summed E-state index contributed by atoms with van der Waals surface area (Å²) in [6.07, 6.45) is 1.04. The number of hydrogen-bond acceptors (Lipinski definition) is 2. The van der Waals surface area contributed by atoms with Crippen LogP contribution in [0.15, 0.2) is 12.1 Å². The third-order valence-electron chi connectivity index (χ3n) is 2.64. The number of benzene rings is 1. The van der Waals surface area contributed by atoms with Crippen LogP contribution in [0.3, 0.4) is 0 Å². The molecule has 0 aliphatic heterocycles. The number of hydrogen-bond donors (Lipinski definition) is 2. The number of carbonyl (C=O) groups is 1. The molecule has 0 aliphatic rings. The van der Waals surface area contributed by atoms with Gasteiger partial charge in [-0.05, 0) is 37.0 Å². The van der Waals surface area contributed by atoms with Gasteiger partial charge < -0.3 is 10.4 Å². The smallest absolute Gasteiger partial charge is 0.336 e. The van der Waals surface area contributed by atoms with E-state index < -0.39 is 5.97 Å². The van der Waals surface area contributed by atoms with Crippen molar-refractivity contribution in [2.24, 2.45) is 5.92 Å². The van der Waals surface area contributed by atoms with Gasteiger partial charge in [0.2, 0.25) is 0 Å².